The van der Waals surface area contributed by atoms with E-state index in [0.29, 0.717) is 18.4 Å². The van der Waals surface area contributed by atoms with Crippen molar-refractivity contribution in [2.45, 2.75) is 32.9 Å². The van der Waals surface area contributed by atoms with Gasteiger partial charge in [-0.05, 0) is 18.9 Å². The molecule has 3 rings (SSSR count). The van der Waals surface area contributed by atoms with E-state index in [-0.39, 0.29) is 24.1 Å². The summed E-state index contributed by atoms with van der Waals surface area (Å²) in [5, 5.41) is 5.19. The van der Waals surface area contributed by atoms with Gasteiger partial charge in [-0.15, -0.1) is 11.3 Å². The van der Waals surface area contributed by atoms with Crippen LogP contribution in [0.2, 0.25) is 0 Å². The predicted molar refractivity (Wildman–Crippen MR) is 88.6 cm³/mol. The normalized spacial score (nSPS) is 19.0. The molecule has 1 saturated heterocycles. The van der Waals surface area contributed by atoms with Crippen LogP contribution in [0.5, 0.6) is 0 Å². The van der Waals surface area contributed by atoms with Crippen molar-refractivity contribution in [2.75, 3.05) is 16.8 Å². The molecule has 7 nitrogen and oxygen atoms in total. The molecule has 8 heteroatoms. The number of carbonyl (C=O) groups excluding carboxylic acids is 1. The van der Waals surface area contributed by atoms with Crippen LogP contribution in [-0.4, -0.2) is 33.7 Å². The molecule has 0 radical (unpaired) electrons. The Hall–Kier alpha value is -2.22. The minimum absolute atomic E-state index is 0.0112. The average Bonchev–Trinajstić information content (AvgIpc) is 3.16. The number of hydrogen-bond donors (Lipinski definition) is 1. The summed E-state index contributed by atoms with van der Waals surface area (Å²) in [7, 11) is 0. The van der Waals surface area contributed by atoms with Crippen molar-refractivity contribution >= 4 is 29.2 Å². The number of cyclic esters (lactones) is 1. The molecule has 1 aliphatic rings. The first kappa shape index (κ1) is 15.7. The summed E-state index contributed by atoms with van der Waals surface area (Å²) in [6, 6.07) is 1.70. The molecule has 1 amide bonds. The van der Waals surface area contributed by atoms with Gasteiger partial charge in [-0.1, -0.05) is 13.8 Å². The first-order chi connectivity index (χ1) is 11.1. The Bertz CT molecular complexity index is 676. The van der Waals surface area contributed by atoms with Crippen molar-refractivity contribution in [3.63, 3.8) is 0 Å². The second-order valence-corrected chi connectivity index (χ2v) is 6.49. The lowest BCUT2D eigenvalue weighted by Crippen LogP contribution is -2.37. The zero-order valence-corrected chi connectivity index (χ0v) is 14.1. The molecular formula is C15H19N5O2S. The molecule has 0 saturated carbocycles. The van der Waals surface area contributed by atoms with E-state index in [1.54, 1.807) is 34.0 Å². The maximum absolute atomic E-state index is 12.0. The van der Waals surface area contributed by atoms with Gasteiger partial charge in [0.2, 0.25) is 5.95 Å². The molecule has 3 heterocycles. The van der Waals surface area contributed by atoms with E-state index in [2.05, 4.69) is 34.1 Å². The van der Waals surface area contributed by atoms with Crippen LogP contribution in [0.4, 0.5) is 16.6 Å². The third-order valence-corrected chi connectivity index (χ3v) is 4.41. The van der Waals surface area contributed by atoms with Gasteiger partial charge in [0.25, 0.3) is 0 Å². The maximum Gasteiger partial charge on any atom is 0.415 e. The third-order valence-electron chi connectivity index (χ3n) is 3.80. The molecule has 2 atom stereocenters. The Morgan fingerprint density at radius 1 is 1.39 bits per heavy atom. The van der Waals surface area contributed by atoms with Gasteiger partial charge in [-0.3, -0.25) is 4.90 Å². The van der Waals surface area contributed by atoms with Crippen LogP contribution < -0.4 is 10.2 Å². The van der Waals surface area contributed by atoms with Crippen LogP contribution in [0.15, 0.2) is 23.2 Å². The summed E-state index contributed by atoms with van der Waals surface area (Å²) in [5.41, 5.74) is 2.72. The molecule has 0 aromatic carbocycles. The highest BCUT2D eigenvalue weighted by Crippen LogP contribution is 2.26. The fourth-order valence-electron chi connectivity index (χ4n) is 2.45. The van der Waals surface area contributed by atoms with E-state index >= 15 is 0 Å². The lowest BCUT2D eigenvalue weighted by molar-refractivity contribution is 0.177. The molecule has 122 valence electrons. The van der Waals surface area contributed by atoms with Crippen LogP contribution in [0.25, 0.3) is 0 Å². The summed E-state index contributed by atoms with van der Waals surface area (Å²) in [6.07, 6.45) is 1.28. The number of nitrogens with zero attached hydrogens (tertiary/aromatic N) is 4. The van der Waals surface area contributed by atoms with Crippen molar-refractivity contribution in [3.05, 3.63) is 28.8 Å². The largest absolute Gasteiger partial charge is 0.447 e. The predicted octanol–water partition coefficient (Wildman–Crippen LogP) is 3.09. The molecule has 2 aromatic heterocycles. The van der Waals surface area contributed by atoms with Crippen LogP contribution in [0.3, 0.4) is 0 Å². The minimum Gasteiger partial charge on any atom is -0.447 e. The molecule has 1 N–H and O–H groups in total. The van der Waals surface area contributed by atoms with Crippen LogP contribution in [-0.2, 0) is 4.74 Å². The van der Waals surface area contributed by atoms with Crippen LogP contribution in [0, 0.1) is 5.92 Å². The summed E-state index contributed by atoms with van der Waals surface area (Å²) in [4.78, 5) is 26.6. The van der Waals surface area contributed by atoms with Gasteiger partial charge in [0.1, 0.15) is 12.4 Å². The average molecular weight is 333 g/mol. The van der Waals surface area contributed by atoms with Gasteiger partial charge in [-0.25, -0.2) is 14.8 Å². The van der Waals surface area contributed by atoms with Gasteiger partial charge in [-0.2, -0.15) is 4.98 Å². The molecule has 23 heavy (non-hydrogen) atoms. The van der Waals surface area contributed by atoms with E-state index in [4.69, 9.17) is 4.74 Å². The Kier molecular flexibility index (Phi) is 4.42. The van der Waals surface area contributed by atoms with Gasteiger partial charge in [0.15, 0.2) is 0 Å². The van der Waals surface area contributed by atoms with Gasteiger partial charge >= 0.3 is 6.09 Å². The number of aromatic nitrogens is 3. The third kappa shape index (κ3) is 3.26. The molecule has 2 aromatic rings. The molecule has 1 aliphatic heterocycles. The Labute approximate surface area is 138 Å². The SMILES string of the molecule is CC(C)[C@H]1COC(=O)N1c1ccnc(N[C@@H](C)c2cscn2)n1. The topological polar surface area (TPSA) is 80.2 Å². The molecule has 0 bridgehead atoms. The number of amides is 1. The van der Waals surface area contributed by atoms with Crippen molar-refractivity contribution in [3.8, 4) is 0 Å². The fraction of sp³-hybridized carbons (Fsp3) is 0.467. The zero-order valence-electron chi connectivity index (χ0n) is 13.3. The van der Waals surface area contributed by atoms with E-state index in [0.717, 1.165) is 5.69 Å². The quantitative estimate of drug-likeness (QED) is 0.905. The molecule has 0 unspecified atom stereocenters. The van der Waals surface area contributed by atoms with E-state index < -0.39 is 0 Å². The molecular weight excluding hydrogens is 314 g/mol. The second-order valence-electron chi connectivity index (χ2n) is 5.78. The molecule has 0 spiro atoms. The van der Waals surface area contributed by atoms with Crippen molar-refractivity contribution < 1.29 is 9.53 Å². The Balaban J connectivity index is 1.81. The first-order valence-corrected chi connectivity index (χ1v) is 8.44. The van der Waals surface area contributed by atoms with Crippen molar-refractivity contribution in [1.82, 2.24) is 15.0 Å². The van der Waals surface area contributed by atoms with E-state index in [1.807, 2.05) is 12.3 Å². The number of rotatable bonds is 5. The number of hydrogen-bond acceptors (Lipinski definition) is 7. The first-order valence-electron chi connectivity index (χ1n) is 7.50. The van der Waals surface area contributed by atoms with E-state index in [9.17, 15) is 4.79 Å². The van der Waals surface area contributed by atoms with Gasteiger partial charge < -0.3 is 10.1 Å². The number of anilines is 2. The smallest absolute Gasteiger partial charge is 0.415 e. The minimum atomic E-state index is -0.360. The fourth-order valence-corrected chi connectivity index (χ4v) is 3.09. The number of ether oxygens (including phenoxy) is 1. The highest BCUT2D eigenvalue weighted by atomic mass is 32.1. The van der Waals surface area contributed by atoms with E-state index in [1.165, 1.54) is 0 Å². The van der Waals surface area contributed by atoms with Crippen LogP contribution >= 0.6 is 11.3 Å². The zero-order chi connectivity index (χ0) is 16.4. The summed E-state index contributed by atoms with van der Waals surface area (Å²) < 4.78 is 5.17. The Morgan fingerprint density at radius 2 is 2.22 bits per heavy atom. The molecule has 1 fully saturated rings. The summed E-state index contributed by atoms with van der Waals surface area (Å²) in [6.45, 7) is 6.50. The van der Waals surface area contributed by atoms with Gasteiger partial charge in [0.05, 0.1) is 23.3 Å². The lowest BCUT2D eigenvalue weighted by Gasteiger charge is -2.23. The highest BCUT2D eigenvalue weighted by Gasteiger charge is 2.37. The van der Waals surface area contributed by atoms with Crippen molar-refractivity contribution in [2.24, 2.45) is 5.92 Å². The maximum atomic E-state index is 12.0. The summed E-state index contributed by atoms with van der Waals surface area (Å²) >= 11 is 1.54. The van der Waals surface area contributed by atoms with Crippen molar-refractivity contribution in [1.29, 1.82) is 0 Å². The van der Waals surface area contributed by atoms with Crippen LogP contribution in [0.1, 0.15) is 32.5 Å². The second kappa shape index (κ2) is 6.49. The van der Waals surface area contributed by atoms with Gasteiger partial charge in [0, 0.05) is 11.6 Å². The monoisotopic (exact) mass is 333 g/mol. The Morgan fingerprint density at radius 3 is 2.91 bits per heavy atom. The lowest BCUT2D eigenvalue weighted by atomic mass is 10.0. The molecule has 0 aliphatic carbocycles. The highest BCUT2D eigenvalue weighted by molar-refractivity contribution is 7.07. The standard InChI is InChI=1S/C15H19N5O2S/c1-9(2)12-6-22-15(21)20(12)13-4-5-16-14(19-13)18-10(3)11-7-23-8-17-11/h4-5,7-10,12H,6H2,1-3H3,(H,16,18,19)/t10-,12+/m0/s1. The number of thiazole rings is 1. The summed E-state index contributed by atoms with van der Waals surface area (Å²) in [5.74, 6) is 1.29. The number of carbonyl (C=O) groups is 1. The number of nitrogens with one attached hydrogen (secondary N) is 1.